The minimum atomic E-state index is 0.744. The van der Waals surface area contributed by atoms with Gasteiger partial charge in [-0.15, -0.1) is 0 Å². The van der Waals surface area contributed by atoms with Gasteiger partial charge in [0.1, 0.15) is 0 Å². The first-order valence-corrected chi connectivity index (χ1v) is 7.22. The van der Waals surface area contributed by atoms with Crippen LogP contribution in [0.2, 0.25) is 0 Å². The van der Waals surface area contributed by atoms with Crippen LogP contribution in [0.1, 0.15) is 51.6 Å². The molecule has 0 bridgehead atoms. The Morgan fingerprint density at radius 1 is 1.29 bits per heavy atom. The fourth-order valence-electron chi connectivity index (χ4n) is 3.12. The largest absolute Gasteiger partial charge is 0.351 e. The second kappa shape index (κ2) is 6.25. The van der Waals surface area contributed by atoms with E-state index in [4.69, 9.17) is 0 Å². The van der Waals surface area contributed by atoms with E-state index in [9.17, 15) is 0 Å². The topological polar surface area (TPSA) is 17.0 Å². The second-order valence-corrected chi connectivity index (χ2v) is 5.23. The van der Waals surface area contributed by atoms with E-state index in [1.807, 2.05) is 0 Å². The Morgan fingerprint density at radius 2 is 2.12 bits per heavy atom. The zero-order chi connectivity index (χ0) is 12.1. The molecule has 1 aromatic heterocycles. The highest BCUT2D eigenvalue weighted by Crippen LogP contribution is 2.26. The first-order chi connectivity index (χ1) is 8.35. The quantitative estimate of drug-likeness (QED) is 0.824. The summed E-state index contributed by atoms with van der Waals surface area (Å²) in [6.45, 7) is 6.65. The first-order valence-electron chi connectivity index (χ1n) is 7.22. The number of hydrogen-bond donors (Lipinski definition) is 1. The monoisotopic (exact) mass is 234 g/mol. The molecule has 1 aromatic rings. The number of hydrogen-bond acceptors (Lipinski definition) is 1. The summed E-state index contributed by atoms with van der Waals surface area (Å²) in [6.07, 6.45) is 9.13. The predicted molar refractivity (Wildman–Crippen MR) is 73.0 cm³/mol. The Labute approximate surface area is 105 Å². The third kappa shape index (κ3) is 3.12. The number of aromatic nitrogens is 1. The van der Waals surface area contributed by atoms with Crippen LogP contribution in [-0.2, 0) is 13.1 Å². The SMILES string of the molecule is CCC1CCCCC1NCc1cccn1CC. The molecule has 0 aliphatic heterocycles. The molecular weight excluding hydrogens is 208 g/mol. The standard InChI is InChI=1S/C15H26N2/c1-3-13-8-5-6-10-15(13)16-12-14-9-7-11-17(14)4-2/h7,9,11,13,15-16H,3-6,8,10,12H2,1-2H3. The van der Waals surface area contributed by atoms with E-state index in [1.54, 1.807) is 0 Å². The van der Waals surface area contributed by atoms with Crippen molar-refractivity contribution in [2.24, 2.45) is 5.92 Å². The molecule has 17 heavy (non-hydrogen) atoms. The Bertz CT molecular complexity index is 329. The van der Waals surface area contributed by atoms with Gasteiger partial charge in [-0.2, -0.15) is 0 Å². The van der Waals surface area contributed by atoms with Crippen molar-refractivity contribution < 1.29 is 0 Å². The van der Waals surface area contributed by atoms with Gasteiger partial charge in [0.25, 0.3) is 0 Å². The summed E-state index contributed by atoms with van der Waals surface area (Å²) < 4.78 is 2.33. The fourth-order valence-corrected chi connectivity index (χ4v) is 3.12. The van der Waals surface area contributed by atoms with Crippen molar-refractivity contribution in [2.75, 3.05) is 0 Å². The molecule has 1 saturated carbocycles. The van der Waals surface area contributed by atoms with Crippen LogP contribution < -0.4 is 5.32 Å². The third-order valence-corrected chi connectivity index (χ3v) is 4.24. The summed E-state index contributed by atoms with van der Waals surface area (Å²) in [5, 5.41) is 3.78. The van der Waals surface area contributed by atoms with Gasteiger partial charge in [0.15, 0.2) is 0 Å². The average Bonchev–Trinajstić information content (AvgIpc) is 2.84. The number of nitrogens with one attached hydrogen (secondary N) is 1. The summed E-state index contributed by atoms with van der Waals surface area (Å²) in [4.78, 5) is 0. The van der Waals surface area contributed by atoms with Crippen LogP contribution >= 0.6 is 0 Å². The highest BCUT2D eigenvalue weighted by molar-refractivity contribution is 5.07. The van der Waals surface area contributed by atoms with Gasteiger partial charge >= 0.3 is 0 Å². The molecule has 0 saturated heterocycles. The summed E-state index contributed by atoms with van der Waals surface area (Å²) in [6, 6.07) is 5.13. The molecule has 0 radical (unpaired) electrons. The summed E-state index contributed by atoms with van der Waals surface area (Å²) in [7, 11) is 0. The van der Waals surface area contributed by atoms with E-state index >= 15 is 0 Å². The van der Waals surface area contributed by atoms with Crippen molar-refractivity contribution in [1.82, 2.24) is 9.88 Å². The Morgan fingerprint density at radius 3 is 2.88 bits per heavy atom. The van der Waals surface area contributed by atoms with Gasteiger partial charge in [-0.3, -0.25) is 0 Å². The number of nitrogens with zero attached hydrogens (tertiary/aromatic N) is 1. The predicted octanol–water partition coefficient (Wildman–Crippen LogP) is 3.57. The average molecular weight is 234 g/mol. The van der Waals surface area contributed by atoms with Crippen LogP contribution in [0, 0.1) is 5.92 Å². The van der Waals surface area contributed by atoms with Crippen molar-refractivity contribution in [1.29, 1.82) is 0 Å². The lowest BCUT2D eigenvalue weighted by molar-refractivity contribution is 0.253. The van der Waals surface area contributed by atoms with E-state index in [-0.39, 0.29) is 0 Å². The Balaban J connectivity index is 1.88. The molecule has 1 fully saturated rings. The van der Waals surface area contributed by atoms with Gasteiger partial charge in [-0.25, -0.2) is 0 Å². The normalized spacial score (nSPS) is 25.1. The van der Waals surface area contributed by atoms with E-state index in [0.29, 0.717) is 0 Å². The summed E-state index contributed by atoms with van der Waals surface area (Å²) in [5.41, 5.74) is 1.42. The van der Waals surface area contributed by atoms with Crippen LogP contribution in [0.3, 0.4) is 0 Å². The first kappa shape index (κ1) is 12.7. The van der Waals surface area contributed by atoms with Gasteiger partial charge < -0.3 is 9.88 Å². The molecule has 2 heteroatoms. The lowest BCUT2D eigenvalue weighted by Gasteiger charge is -2.31. The molecule has 96 valence electrons. The highest BCUT2D eigenvalue weighted by Gasteiger charge is 2.22. The second-order valence-electron chi connectivity index (χ2n) is 5.23. The molecule has 1 aliphatic rings. The van der Waals surface area contributed by atoms with E-state index < -0.39 is 0 Å². The molecule has 1 aliphatic carbocycles. The number of aryl methyl sites for hydroxylation is 1. The minimum Gasteiger partial charge on any atom is -0.351 e. The maximum absolute atomic E-state index is 3.78. The lowest BCUT2D eigenvalue weighted by atomic mass is 9.83. The van der Waals surface area contributed by atoms with Crippen molar-refractivity contribution in [3.8, 4) is 0 Å². The third-order valence-electron chi connectivity index (χ3n) is 4.24. The molecule has 2 rings (SSSR count). The summed E-state index contributed by atoms with van der Waals surface area (Å²) in [5.74, 6) is 0.897. The lowest BCUT2D eigenvalue weighted by Crippen LogP contribution is -2.38. The van der Waals surface area contributed by atoms with Crippen molar-refractivity contribution >= 4 is 0 Å². The van der Waals surface area contributed by atoms with Gasteiger partial charge in [0.05, 0.1) is 0 Å². The molecule has 0 amide bonds. The highest BCUT2D eigenvalue weighted by atomic mass is 15.0. The van der Waals surface area contributed by atoms with Crippen molar-refractivity contribution in [3.05, 3.63) is 24.0 Å². The zero-order valence-electron chi connectivity index (χ0n) is 11.3. The molecule has 2 nitrogen and oxygen atoms in total. The van der Waals surface area contributed by atoms with Crippen LogP contribution in [0.4, 0.5) is 0 Å². The van der Waals surface area contributed by atoms with Crippen LogP contribution in [-0.4, -0.2) is 10.6 Å². The van der Waals surface area contributed by atoms with Crippen molar-refractivity contribution in [3.63, 3.8) is 0 Å². The van der Waals surface area contributed by atoms with Gasteiger partial charge in [0.2, 0.25) is 0 Å². The van der Waals surface area contributed by atoms with E-state index in [2.05, 4.69) is 42.1 Å². The summed E-state index contributed by atoms with van der Waals surface area (Å²) >= 11 is 0. The van der Waals surface area contributed by atoms with Crippen LogP contribution in [0.5, 0.6) is 0 Å². The molecule has 0 spiro atoms. The molecule has 1 N–H and O–H groups in total. The van der Waals surface area contributed by atoms with Crippen LogP contribution in [0.15, 0.2) is 18.3 Å². The Kier molecular flexibility index (Phi) is 4.66. The minimum absolute atomic E-state index is 0.744. The Hall–Kier alpha value is -0.760. The molecule has 0 aromatic carbocycles. The smallest absolute Gasteiger partial charge is 0.0361 e. The van der Waals surface area contributed by atoms with Crippen molar-refractivity contribution in [2.45, 2.75) is 65.1 Å². The van der Waals surface area contributed by atoms with Crippen LogP contribution in [0.25, 0.3) is 0 Å². The van der Waals surface area contributed by atoms with E-state index in [1.165, 1.54) is 37.8 Å². The molecular formula is C15H26N2. The van der Waals surface area contributed by atoms with Gasteiger partial charge in [-0.1, -0.05) is 26.2 Å². The van der Waals surface area contributed by atoms with Gasteiger partial charge in [0, 0.05) is 31.0 Å². The maximum Gasteiger partial charge on any atom is 0.0361 e. The van der Waals surface area contributed by atoms with E-state index in [0.717, 1.165) is 25.0 Å². The molecule has 2 atom stereocenters. The molecule has 2 unspecified atom stereocenters. The van der Waals surface area contributed by atoms with Gasteiger partial charge in [-0.05, 0) is 37.8 Å². The molecule has 1 heterocycles. The zero-order valence-corrected chi connectivity index (χ0v) is 11.3. The number of rotatable bonds is 5. The fraction of sp³-hybridized carbons (Fsp3) is 0.733. The maximum atomic E-state index is 3.78.